The quantitative estimate of drug-likeness (QED) is 0.537. The van der Waals surface area contributed by atoms with Crippen LogP contribution in [0.2, 0.25) is 0 Å². The van der Waals surface area contributed by atoms with Gasteiger partial charge in [0.1, 0.15) is 0 Å². The van der Waals surface area contributed by atoms with Gasteiger partial charge in [-0.2, -0.15) is 0 Å². The molecule has 0 radical (unpaired) electrons. The maximum absolute atomic E-state index is 11.7. The maximum Gasteiger partial charge on any atom is 0.303 e. The van der Waals surface area contributed by atoms with Crippen molar-refractivity contribution in [1.29, 1.82) is 0 Å². The number of methoxy groups -OCH3 is 1. The lowest BCUT2D eigenvalue weighted by Gasteiger charge is -2.10. The van der Waals surface area contributed by atoms with Crippen LogP contribution in [-0.2, 0) is 14.3 Å². The second-order valence-electron chi connectivity index (χ2n) is 4.20. The number of nitrogens with one attached hydrogen (secondary N) is 2. The molecule has 2 atom stereocenters. The third kappa shape index (κ3) is 5.14. The van der Waals surface area contributed by atoms with Crippen LogP contribution in [0, 0.1) is 0 Å². The van der Waals surface area contributed by atoms with E-state index >= 15 is 0 Å². The lowest BCUT2D eigenvalue weighted by atomic mass is 10.2. The molecule has 1 aliphatic rings. The fourth-order valence-electron chi connectivity index (χ4n) is 1.82. The van der Waals surface area contributed by atoms with E-state index in [1.165, 1.54) is 0 Å². The van der Waals surface area contributed by atoms with E-state index < -0.39 is 5.97 Å². The van der Waals surface area contributed by atoms with Crippen LogP contribution >= 0.6 is 0 Å². The molecule has 0 aliphatic carbocycles. The van der Waals surface area contributed by atoms with Crippen LogP contribution < -0.4 is 10.6 Å². The van der Waals surface area contributed by atoms with Gasteiger partial charge in [0, 0.05) is 26.6 Å². The van der Waals surface area contributed by atoms with Gasteiger partial charge in [0.25, 0.3) is 0 Å². The highest BCUT2D eigenvalue weighted by Crippen LogP contribution is 2.09. The lowest BCUT2D eigenvalue weighted by Crippen LogP contribution is -2.40. The van der Waals surface area contributed by atoms with Crippen LogP contribution in [0.4, 0.5) is 0 Å². The average molecular weight is 244 g/mol. The van der Waals surface area contributed by atoms with Crippen LogP contribution in [0.3, 0.4) is 0 Å². The molecule has 1 fully saturated rings. The molecule has 6 heteroatoms. The van der Waals surface area contributed by atoms with E-state index in [1.54, 1.807) is 7.11 Å². The summed E-state index contributed by atoms with van der Waals surface area (Å²) in [6.07, 6.45) is 2.24. The van der Waals surface area contributed by atoms with Crippen LogP contribution in [0.25, 0.3) is 0 Å². The molecule has 0 aromatic rings. The third-order valence-electron chi connectivity index (χ3n) is 2.86. The molecule has 98 valence electrons. The first-order chi connectivity index (χ1) is 8.13. The molecule has 1 rings (SSSR count). The van der Waals surface area contributed by atoms with Crippen molar-refractivity contribution in [3.63, 3.8) is 0 Å². The van der Waals surface area contributed by atoms with Crippen molar-refractivity contribution in [2.75, 3.05) is 20.2 Å². The number of carbonyl (C=O) groups is 2. The van der Waals surface area contributed by atoms with Gasteiger partial charge in [-0.3, -0.25) is 9.59 Å². The monoisotopic (exact) mass is 244 g/mol. The van der Waals surface area contributed by atoms with Gasteiger partial charge in [0.2, 0.25) is 5.91 Å². The smallest absolute Gasteiger partial charge is 0.303 e. The van der Waals surface area contributed by atoms with E-state index in [1.807, 2.05) is 0 Å². The molecule has 1 aliphatic heterocycles. The predicted octanol–water partition coefficient (Wildman–Crippen LogP) is -0.266. The average Bonchev–Trinajstić information content (AvgIpc) is 2.76. The number of ether oxygens (including phenoxy) is 1. The second kappa shape index (κ2) is 7.24. The molecular formula is C11H20N2O4. The number of carboxylic acid groups (broad SMARTS) is 1. The van der Waals surface area contributed by atoms with Crippen molar-refractivity contribution in [3.8, 4) is 0 Å². The van der Waals surface area contributed by atoms with Gasteiger partial charge >= 0.3 is 5.97 Å². The first kappa shape index (κ1) is 13.9. The van der Waals surface area contributed by atoms with E-state index in [9.17, 15) is 9.59 Å². The van der Waals surface area contributed by atoms with Crippen molar-refractivity contribution >= 4 is 11.9 Å². The minimum Gasteiger partial charge on any atom is -0.481 e. The van der Waals surface area contributed by atoms with Crippen molar-refractivity contribution in [2.45, 2.75) is 37.8 Å². The summed E-state index contributed by atoms with van der Waals surface area (Å²) in [7, 11) is 1.64. The molecule has 1 amide bonds. The Kier molecular flexibility index (Phi) is 5.93. The standard InChI is InChI=1S/C11H20N2O4/c1-17-8-6-9(13-7-8)11(16)12-5-3-2-4-10(14)15/h8-9,13H,2-7H2,1H3,(H,12,16)(H,14,15). The van der Waals surface area contributed by atoms with Gasteiger partial charge in [0.15, 0.2) is 0 Å². The second-order valence-corrected chi connectivity index (χ2v) is 4.20. The van der Waals surface area contributed by atoms with E-state index in [2.05, 4.69) is 10.6 Å². The highest BCUT2D eigenvalue weighted by molar-refractivity contribution is 5.82. The Balaban J connectivity index is 2.07. The molecule has 6 nitrogen and oxygen atoms in total. The summed E-state index contributed by atoms with van der Waals surface area (Å²) < 4.78 is 5.15. The van der Waals surface area contributed by atoms with Crippen LogP contribution in [0.15, 0.2) is 0 Å². The Morgan fingerprint density at radius 2 is 2.24 bits per heavy atom. The fraction of sp³-hybridized carbons (Fsp3) is 0.818. The van der Waals surface area contributed by atoms with Crippen molar-refractivity contribution in [2.24, 2.45) is 0 Å². The number of aliphatic carboxylic acids is 1. The van der Waals surface area contributed by atoms with Gasteiger partial charge in [-0.25, -0.2) is 0 Å². The van der Waals surface area contributed by atoms with E-state index in [-0.39, 0.29) is 24.5 Å². The molecule has 17 heavy (non-hydrogen) atoms. The topological polar surface area (TPSA) is 87.7 Å². The first-order valence-corrected chi connectivity index (χ1v) is 5.89. The highest BCUT2D eigenvalue weighted by Gasteiger charge is 2.28. The van der Waals surface area contributed by atoms with Crippen molar-refractivity contribution < 1.29 is 19.4 Å². The molecule has 0 aromatic heterocycles. The Bertz CT molecular complexity index is 270. The third-order valence-corrected chi connectivity index (χ3v) is 2.86. The molecule has 0 bridgehead atoms. The zero-order valence-corrected chi connectivity index (χ0v) is 10.1. The van der Waals surface area contributed by atoms with Gasteiger partial charge in [-0.05, 0) is 19.3 Å². The maximum atomic E-state index is 11.7. The molecule has 1 saturated heterocycles. The summed E-state index contributed by atoms with van der Waals surface area (Å²) in [5.74, 6) is -0.823. The fourth-order valence-corrected chi connectivity index (χ4v) is 1.82. The van der Waals surface area contributed by atoms with Crippen molar-refractivity contribution in [3.05, 3.63) is 0 Å². The van der Waals surface area contributed by atoms with Crippen LogP contribution in [0.5, 0.6) is 0 Å². The molecule has 2 unspecified atom stereocenters. The molecule has 0 aromatic carbocycles. The molecule has 0 saturated carbocycles. The first-order valence-electron chi connectivity index (χ1n) is 5.89. The summed E-state index contributed by atoms with van der Waals surface area (Å²) in [6.45, 7) is 1.23. The number of hydrogen-bond donors (Lipinski definition) is 3. The van der Waals surface area contributed by atoms with Crippen LogP contribution in [-0.4, -0.2) is 49.3 Å². The highest BCUT2D eigenvalue weighted by atomic mass is 16.5. The van der Waals surface area contributed by atoms with Crippen LogP contribution in [0.1, 0.15) is 25.7 Å². The number of amides is 1. The van der Waals surface area contributed by atoms with E-state index in [4.69, 9.17) is 9.84 Å². The van der Waals surface area contributed by atoms with E-state index in [0.29, 0.717) is 32.4 Å². The number of rotatable bonds is 7. The van der Waals surface area contributed by atoms with E-state index in [0.717, 1.165) is 0 Å². The molecule has 0 spiro atoms. The minimum absolute atomic E-state index is 0.0279. The zero-order chi connectivity index (χ0) is 12.7. The number of hydrogen-bond acceptors (Lipinski definition) is 4. The Morgan fingerprint density at radius 3 is 2.82 bits per heavy atom. The minimum atomic E-state index is -0.795. The SMILES string of the molecule is COC1CNC(C(=O)NCCCCC(=O)O)C1. The van der Waals surface area contributed by atoms with Gasteiger partial charge in [-0.15, -0.1) is 0 Å². The normalized spacial score (nSPS) is 23.6. The predicted molar refractivity (Wildman–Crippen MR) is 61.7 cm³/mol. The summed E-state index contributed by atoms with van der Waals surface area (Å²) in [5.41, 5.74) is 0. The van der Waals surface area contributed by atoms with Crippen molar-refractivity contribution in [1.82, 2.24) is 10.6 Å². The number of unbranched alkanes of at least 4 members (excludes halogenated alkanes) is 1. The zero-order valence-electron chi connectivity index (χ0n) is 10.1. The Hall–Kier alpha value is -1.14. The summed E-state index contributed by atoms with van der Waals surface area (Å²) >= 11 is 0. The Morgan fingerprint density at radius 1 is 1.47 bits per heavy atom. The summed E-state index contributed by atoms with van der Waals surface area (Å²) in [5, 5.41) is 14.3. The summed E-state index contributed by atoms with van der Waals surface area (Å²) in [6, 6.07) is -0.181. The molecule has 1 heterocycles. The Labute approximate surface area is 101 Å². The number of carbonyl (C=O) groups excluding carboxylic acids is 1. The largest absolute Gasteiger partial charge is 0.481 e. The summed E-state index contributed by atoms with van der Waals surface area (Å²) in [4.78, 5) is 21.9. The molecular weight excluding hydrogens is 224 g/mol. The number of carboxylic acids is 1. The lowest BCUT2D eigenvalue weighted by molar-refractivity contribution is -0.137. The van der Waals surface area contributed by atoms with Gasteiger partial charge in [0.05, 0.1) is 12.1 Å². The van der Waals surface area contributed by atoms with Gasteiger partial charge in [-0.1, -0.05) is 0 Å². The molecule has 3 N–H and O–H groups in total. The van der Waals surface area contributed by atoms with Gasteiger partial charge < -0.3 is 20.5 Å².